The predicted octanol–water partition coefficient (Wildman–Crippen LogP) is 3.40. The minimum absolute atomic E-state index is 0.166. The summed E-state index contributed by atoms with van der Waals surface area (Å²) in [5, 5.41) is 13.1. The van der Waals surface area contributed by atoms with Crippen LogP contribution in [0.15, 0.2) is 36.5 Å². The molecule has 0 saturated carbocycles. The summed E-state index contributed by atoms with van der Waals surface area (Å²) in [5.41, 5.74) is 2.85. The molecule has 0 unspecified atom stereocenters. The van der Waals surface area contributed by atoms with Crippen LogP contribution in [-0.2, 0) is 13.6 Å². The second kappa shape index (κ2) is 5.92. The Balaban J connectivity index is 2.03. The van der Waals surface area contributed by atoms with Gasteiger partial charge in [-0.05, 0) is 30.2 Å². The lowest BCUT2D eigenvalue weighted by Gasteiger charge is -2.15. The minimum Gasteiger partial charge on any atom is -0.342 e. The number of nitrogens with zero attached hydrogens (tertiary/aromatic N) is 2. The highest BCUT2D eigenvalue weighted by atomic mass is 35.5. The third-order valence-corrected chi connectivity index (χ3v) is 3.50. The maximum atomic E-state index is 8.91. The van der Waals surface area contributed by atoms with Gasteiger partial charge in [0.15, 0.2) is 0 Å². The Hall–Kier alpha value is -1.76. The van der Waals surface area contributed by atoms with Crippen molar-refractivity contribution in [3.05, 3.63) is 58.4 Å². The first-order chi connectivity index (χ1) is 9.11. The molecule has 4 heteroatoms. The second-order valence-electron chi connectivity index (χ2n) is 4.58. The van der Waals surface area contributed by atoms with Gasteiger partial charge in [0.2, 0.25) is 0 Å². The van der Waals surface area contributed by atoms with Gasteiger partial charge in [-0.1, -0.05) is 29.8 Å². The number of rotatable bonds is 4. The van der Waals surface area contributed by atoms with E-state index in [4.69, 9.17) is 16.9 Å². The molecule has 1 aromatic heterocycles. The molecule has 0 fully saturated rings. The van der Waals surface area contributed by atoms with Crippen LogP contribution in [-0.4, -0.2) is 4.57 Å². The Morgan fingerprint density at radius 2 is 2.16 bits per heavy atom. The van der Waals surface area contributed by atoms with Crippen LogP contribution in [0.2, 0.25) is 5.02 Å². The van der Waals surface area contributed by atoms with Crippen LogP contribution in [0.5, 0.6) is 0 Å². The zero-order valence-electron chi connectivity index (χ0n) is 11.0. The number of hydrogen-bond acceptors (Lipinski definition) is 2. The van der Waals surface area contributed by atoms with Crippen LogP contribution in [0.4, 0.5) is 0 Å². The average molecular weight is 274 g/mol. The summed E-state index contributed by atoms with van der Waals surface area (Å²) >= 11 is 6.17. The van der Waals surface area contributed by atoms with Crippen molar-refractivity contribution in [1.29, 1.82) is 5.26 Å². The van der Waals surface area contributed by atoms with Crippen molar-refractivity contribution < 1.29 is 0 Å². The van der Waals surface area contributed by atoms with E-state index < -0.39 is 0 Å². The number of halogens is 1. The smallest absolute Gasteiger partial charge is 0.120 e. The Bertz CT molecular complexity index is 610. The van der Waals surface area contributed by atoms with Crippen LogP contribution in [0, 0.1) is 11.3 Å². The molecule has 0 aliphatic carbocycles. The van der Waals surface area contributed by atoms with Crippen molar-refractivity contribution in [3.63, 3.8) is 0 Å². The van der Waals surface area contributed by atoms with E-state index in [2.05, 4.69) is 18.3 Å². The van der Waals surface area contributed by atoms with E-state index in [0.29, 0.717) is 12.2 Å². The Morgan fingerprint density at radius 1 is 1.42 bits per heavy atom. The summed E-state index contributed by atoms with van der Waals surface area (Å²) in [6.45, 7) is 2.79. The summed E-state index contributed by atoms with van der Waals surface area (Å²) in [6, 6.07) is 12.0. The Kier molecular flexibility index (Phi) is 4.26. The standard InChI is InChI=1S/C15H16ClN3/c1-11(14-5-3-4-6-15(14)16)18-9-12-7-13(8-17)19(2)10-12/h3-7,10-11,18H,9H2,1-2H3/t11-/m1/s1. The molecule has 0 bridgehead atoms. The van der Waals surface area contributed by atoms with Crippen LogP contribution in [0.25, 0.3) is 0 Å². The highest BCUT2D eigenvalue weighted by Gasteiger charge is 2.09. The quantitative estimate of drug-likeness (QED) is 0.927. The molecular weight excluding hydrogens is 258 g/mol. The lowest BCUT2D eigenvalue weighted by Crippen LogP contribution is -2.18. The lowest BCUT2D eigenvalue weighted by molar-refractivity contribution is 0.574. The molecule has 3 nitrogen and oxygen atoms in total. The van der Waals surface area contributed by atoms with Gasteiger partial charge in [-0.3, -0.25) is 0 Å². The van der Waals surface area contributed by atoms with E-state index in [-0.39, 0.29) is 6.04 Å². The molecule has 0 saturated heterocycles. The highest BCUT2D eigenvalue weighted by molar-refractivity contribution is 6.31. The van der Waals surface area contributed by atoms with Gasteiger partial charge in [0, 0.05) is 30.9 Å². The van der Waals surface area contributed by atoms with E-state index >= 15 is 0 Å². The van der Waals surface area contributed by atoms with Gasteiger partial charge < -0.3 is 9.88 Å². The van der Waals surface area contributed by atoms with E-state index in [1.807, 2.05) is 48.1 Å². The minimum atomic E-state index is 0.166. The molecule has 0 amide bonds. The molecule has 1 heterocycles. The zero-order valence-corrected chi connectivity index (χ0v) is 11.8. The number of hydrogen-bond donors (Lipinski definition) is 1. The topological polar surface area (TPSA) is 40.8 Å². The summed E-state index contributed by atoms with van der Waals surface area (Å²) in [4.78, 5) is 0. The fourth-order valence-electron chi connectivity index (χ4n) is 2.05. The maximum Gasteiger partial charge on any atom is 0.120 e. The van der Waals surface area contributed by atoms with Gasteiger partial charge in [-0.2, -0.15) is 5.26 Å². The number of aryl methyl sites for hydroxylation is 1. The Labute approximate surface area is 118 Å². The van der Waals surface area contributed by atoms with Gasteiger partial charge in [0.1, 0.15) is 11.8 Å². The first-order valence-corrected chi connectivity index (χ1v) is 6.52. The van der Waals surface area contributed by atoms with Crippen LogP contribution in [0.3, 0.4) is 0 Å². The van der Waals surface area contributed by atoms with E-state index in [1.165, 1.54) is 0 Å². The van der Waals surface area contributed by atoms with Crippen molar-refractivity contribution in [1.82, 2.24) is 9.88 Å². The number of aromatic nitrogens is 1. The fraction of sp³-hybridized carbons (Fsp3) is 0.267. The zero-order chi connectivity index (χ0) is 13.8. The van der Waals surface area contributed by atoms with Crippen LogP contribution < -0.4 is 5.32 Å². The summed E-state index contributed by atoms with van der Waals surface area (Å²) < 4.78 is 1.83. The van der Waals surface area contributed by atoms with Gasteiger partial charge in [0.25, 0.3) is 0 Å². The summed E-state index contributed by atoms with van der Waals surface area (Å²) in [7, 11) is 1.87. The second-order valence-corrected chi connectivity index (χ2v) is 4.99. The molecule has 0 radical (unpaired) electrons. The van der Waals surface area contributed by atoms with Crippen LogP contribution >= 0.6 is 11.6 Å². The van der Waals surface area contributed by atoms with Crippen molar-refractivity contribution in [3.8, 4) is 6.07 Å². The van der Waals surface area contributed by atoms with Gasteiger partial charge in [0.05, 0.1) is 0 Å². The van der Waals surface area contributed by atoms with Crippen molar-refractivity contribution >= 4 is 11.6 Å². The third-order valence-electron chi connectivity index (χ3n) is 3.16. The molecule has 2 aromatic rings. The molecule has 1 N–H and O–H groups in total. The SMILES string of the molecule is C[C@@H](NCc1cc(C#N)n(C)c1)c1ccccc1Cl. The molecule has 0 aliphatic rings. The van der Waals surface area contributed by atoms with Crippen molar-refractivity contribution in [2.45, 2.75) is 19.5 Å². The first-order valence-electron chi connectivity index (χ1n) is 6.15. The average Bonchev–Trinajstić information content (AvgIpc) is 2.77. The number of nitriles is 1. The number of benzene rings is 1. The molecular formula is C15H16ClN3. The molecule has 1 atom stereocenters. The molecule has 2 rings (SSSR count). The lowest BCUT2D eigenvalue weighted by atomic mass is 10.1. The molecule has 0 spiro atoms. The summed E-state index contributed by atoms with van der Waals surface area (Å²) in [5.74, 6) is 0. The highest BCUT2D eigenvalue weighted by Crippen LogP contribution is 2.22. The van der Waals surface area contributed by atoms with Crippen LogP contribution in [0.1, 0.15) is 29.8 Å². The first kappa shape index (κ1) is 13.7. The molecule has 98 valence electrons. The monoisotopic (exact) mass is 273 g/mol. The van der Waals surface area contributed by atoms with Crippen molar-refractivity contribution in [2.75, 3.05) is 0 Å². The van der Waals surface area contributed by atoms with Crippen molar-refractivity contribution in [2.24, 2.45) is 7.05 Å². The molecule has 1 aromatic carbocycles. The van der Waals surface area contributed by atoms with E-state index in [9.17, 15) is 0 Å². The van der Waals surface area contributed by atoms with Gasteiger partial charge in [-0.15, -0.1) is 0 Å². The third kappa shape index (κ3) is 3.17. The van der Waals surface area contributed by atoms with E-state index in [1.54, 1.807) is 0 Å². The number of nitrogens with one attached hydrogen (secondary N) is 1. The normalized spacial score (nSPS) is 12.1. The largest absolute Gasteiger partial charge is 0.342 e. The summed E-state index contributed by atoms with van der Waals surface area (Å²) in [6.07, 6.45) is 1.96. The molecule has 0 aliphatic heterocycles. The maximum absolute atomic E-state index is 8.91. The van der Waals surface area contributed by atoms with E-state index in [0.717, 1.165) is 16.1 Å². The van der Waals surface area contributed by atoms with Gasteiger partial charge >= 0.3 is 0 Å². The predicted molar refractivity (Wildman–Crippen MR) is 76.8 cm³/mol. The molecule has 19 heavy (non-hydrogen) atoms. The van der Waals surface area contributed by atoms with Gasteiger partial charge in [-0.25, -0.2) is 0 Å². The Morgan fingerprint density at radius 3 is 2.79 bits per heavy atom. The fourth-order valence-corrected chi connectivity index (χ4v) is 2.35.